The number of rotatable bonds is 7. The van der Waals surface area contributed by atoms with Crippen LogP contribution < -0.4 is 4.74 Å². The number of thiophene rings is 1. The lowest BCUT2D eigenvalue weighted by Crippen LogP contribution is -2.20. The van der Waals surface area contributed by atoms with Crippen LogP contribution >= 0.6 is 39.7 Å². The highest BCUT2D eigenvalue weighted by atomic mass is 79.9. The molecule has 0 saturated carbocycles. The molecule has 0 atom stereocenters. The maximum atomic E-state index is 5.99. The van der Waals surface area contributed by atoms with Crippen molar-refractivity contribution in [2.24, 2.45) is 0 Å². The first-order valence-electron chi connectivity index (χ1n) is 9.42. The molecule has 2 aromatic carbocycles. The number of likely N-dealkylation sites (tertiary alicyclic amines) is 1. The van der Waals surface area contributed by atoms with Crippen LogP contribution in [-0.4, -0.2) is 31.1 Å². The quantitative estimate of drug-likeness (QED) is 0.347. The molecule has 3 aromatic rings. The van der Waals surface area contributed by atoms with Crippen molar-refractivity contribution in [3.05, 3.63) is 52.3 Å². The SMILES string of the molecule is Brc1ccc(-c2csc3cc(OCCCCN4CCCC4)ccc23)cc1.Cl. The molecule has 0 amide bonds. The molecule has 0 bridgehead atoms. The van der Waals surface area contributed by atoms with Gasteiger partial charge in [-0.3, -0.25) is 0 Å². The Balaban J connectivity index is 0.00000210. The first-order valence-corrected chi connectivity index (χ1v) is 11.1. The Morgan fingerprint density at radius 3 is 2.56 bits per heavy atom. The predicted octanol–water partition coefficient (Wildman–Crippen LogP) is 7.01. The zero-order valence-corrected chi connectivity index (χ0v) is 18.5. The Labute approximate surface area is 180 Å². The summed E-state index contributed by atoms with van der Waals surface area (Å²) in [6, 6.07) is 15.0. The summed E-state index contributed by atoms with van der Waals surface area (Å²) in [6.07, 6.45) is 5.11. The van der Waals surface area contributed by atoms with E-state index in [0.717, 1.165) is 23.2 Å². The lowest BCUT2D eigenvalue weighted by atomic mass is 10.1. The van der Waals surface area contributed by atoms with Gasteiger partial charge in [-0.05, 0) is 86.6 Å². The smallest absolute Gasteiger partial charge is 0.120 e. The van der Waals surface area contributed by atoms with E-state index in [4.69, 9.17) is 4.74 Å². The summed E-state index contributed by atoms with van der Waals surface area (Å²) < 4.78 is 8.39. The number of halogens is 2. The van der Waals surface area contributed by atoms with E-state index in [2.05, 4.69) is 68.7 Å². The maximum Gasteiger partial charge on any atom is 0.120 e. The van der Waals surface area contributed by atoms with Crippen molar-refractivity contribution >= 4 is 49.8 Å². The lowest BCUT2D eigenvalue weighted by molar-refractivity contribution is 0.280. The molecule has 1 aliphatic rings. The number of unbranched alkanes of at least 4 members (excludes halogenated alkanes) is 1. The normalized spacial score (nSPS) is 14.4. The van der Waals surface area contributed by atoms with E-state index in [1.165, 1.54) is 60.1 Å². The third-order valence-corrected chi connectivity index (χ3v) is 6.51. The van der Waals surface area contributed by atoms with Crippen LogP contribution in [0.25, 0.3) is 21.2 Å². The summed E-state index contributed by atoms with van der Waals surface area (Å²) in [5.74, 6) is 0.989. The van der Waals surface area contributed by atoms with Crippen LogP contribution in [0.3, 0.4) is 0 Å². The van der Waals surface area contributed by atoms with Gasteiger partial charge < -0.3 is 9.64 Å². The van der Waals surface area contributed by atoms with Gasteiger partial charge in [-0.1, -0.05) is 28.1 Å². The van der Waals surface area contributed by atoms with Crippen LogP contribution in [-0.2, 0) is 0 Å². The van der Waals surface area contributed by atoms with E-state index in [1.807, 2.05) is 0 Å². The van der Waals surface area contributed by atoms with Gasteiger partial charge in [-0.15, -0.1) is 23.7 Å². The van der Waals surface area contributed by atoms with Crippen molar-refractivity contribution in [1.82, 2.24) is 4.90 Å². The summed E-state index contributed by atoms with van der Waals surface area (Å²) in [6.45, 7) is 4.61. The van der Waals surface area contributed by atoms with Crippen molar-refractivity contribution in [2.75, 3.05) is 26.2 Å². The van der Waals surface area contributed by atoms with Crippen LogP contribution in [0.2, 0.25) is 0 Å². The van der Waals surface area contributed by atoms with Gasteiger partial charge in [0.05, 0.1) is 6.61 Å². The molecular weight excluding hydrogens is 442 g/mol. The molecule has 0 unspecified atom stereocenters. The van der Waals surface area contributed by atoms with Gasteiger partial charge >= 0.3 is 0 Å². The van der Waals surface area contributed by atoms with Crippen molar-refractivity contribution in [1.29, 1.82) is 0 Å². The molecule has 2 heterocycles. The Hall–Kier alpha value is -1.07. The second kappa shape index (κ2) is 9.92. The van der Waals surface area contributed by atoms with Crippen molar-refractivity contribution in [3.8, 4) is 16.9 Å². The molecule has 144 valence electrons. The van der Waals surface area contributed by atoms with Gasteiger partial charge in [0.15, 0.2) is 0 Å². The second-order valence-electron chi connectivity index (χ2n) is 6.92. The van der Waals surface area contributed by atoms with Crippen LogP contribution in [0.5, 0.6) is 5.75 Å². The van der Waals surface area contributed by atoms with E-state index in [9.17, 15) is 0 Å². The zero-order chi connectivity index (χ0) is 17.8. The van der Waals surface area contributed by atoms with E-state index in [-0.39, 0.29) is 12.4 Å². The zero-order valence-electron chi connectivity index (χ0n) is 15.3. The van der Waals surface area contributed by atoms with Crippen LogP contribution in [0.15, 0.2) is 52.3 Å². The van der Waals surface area contributed by atoms with Crippen molar-refractivity contribution in [2.45, 2.75) is 25.7 Å². The van der Waals surface area contributed by atoms with Crippen molar-refractivity contribution in [3.63, 3.8) is 0 Å². The topological polar surface area (TPSA) is 12.5 Å². The molecule has 1 aromatic heterocycles. The van der Waals surface area contributed by atoms with Crippen LogP contribution in [0, 0.1) is 0 Å². The fourth-order valence-corrected chi connectivity index (χ4v) is 4.85. The summed E-state index contributed by atoms with van der Waals surface area (Å²) in [7, 11) is 0. The fourth-order valence-electron chi connectivity index (χ4n) is 3.59. The molecule has 27 heavy (non-hydrogen) atoms. The molecule has 1 aliphatic heterocycles. The Morgan fingerprint density at radius 2 is 1.78 bits per heavy atom. The first-order chi connectivity index (χ1) is 12.8. The maximum absolute atomic E-state index is 5.99. The highest BCUT2D eigenvalue weighted by Gasteiger charge is 2.10. The van der Waals surface area contributed by atoms with Crippen LogP contribution in [0.1, 0.15) is 25.7 Å². The molecule has 1 saturated heterocycles. The van der Waals surface area contributed by atoms with Gasteiger partial charge in [0.25, 0.3) is 0 Å². The number of hydrogen-bond acceptors (Lipinski definition) is 3. The number of benzene rings is 2. The molecule has 1 fully saturated rings. The van der Waals surface area contributed by atoms with Crippen molar-refractivity contribution < 1.29 is 4.74 Å². The molecule has 0 N–H and O–H groups in total. The van der Waals surface area contributed by atoms with Crippen LogP contribution in [0.4, 0.5) is 0 Å². The van der Waals surface area contributed by atoms with E-state index >= 15 is 0 Å². The van der Waals surface area contributed by atoms with Gasteiger partial charge in [0.1, 0.15) is 5.75 Å². The number of fused-ring (bicyclic) bond motifs is 1. The minimum absolute atomic E-state index is 0. The minimum Gasteiger partial charge on any atom is -0.494 e. The standard InChI is InChI=1S/C22H24BrNOS.ClH/c23-18-7-5-17(6-8-18)21-16-26-22-15-19(9-10-20(21)22)25-14-4-3-13-24-11-1-2-12-24;/h5-10,15-16H,1-4,11-14H2;1H. The first kappa shape index (κ1) is 20.7. The summed E-state index contributed by atoms with van der Waals surface area (Å²) in [5.41, 5.74) is 2.56. The Morgan fingerprint density at radius 1 is 1.00 bits per heavy atom. The minimum atomic E-state index is 0. The predicted molar refractivity (Wildman–Crippen MR) is 123 cm³/mol. The summed E-state index contributed by atoms with van der Waals surface area (Å²) >= 11 is 5.29. The van der Waals surface area contributed by atoms with E-state index in [0.29, 0.717) is 0 Å². The summed E-state index contributed by atoms with van der Waals surface area (Å²) in [5, 5.41) is 3.55. The number of hydrogen-bond donors (Lipinski definition) is 0. The second-order valence-corrected chi connectivity index (χ2v) is 8.75. The highest BCUT2D eigenvalue weighted by Crippen LogP contribution is 2.36. The third-order valence-electron chi connectivity index (χ3n) is 5.04. The number of nitrogens with zero attached hydrogens (tertiary/aromatic N) is 1. The average Bonchev–Trinajstić information content (AvgIpc) is 3.31. The molecule has 5 heteroatoms. The summed E-state index contributed by atoms with van der Waals surface area (Å²) in [4.78, 5) is 2.57. The third kappa shape index (κ3) is 5.26. The lowest BCUT2D eigenvalue weighted by Gasteiger charge is -2.14. The molecular formula is C22H25BrClNOS. The largest absolute Gasteiger partial charge is 0.494 e. The van der Waals surface area contributed by atoms with Gasteiger partial charge in [-0.2, -0.15) is 0 Å². The van der Waals surface area contributed by atoms with Gasteiger partial charge in [-0.25, -0.2) is 0 Å². The van der Waals surface area contributed by atoms with Gasteiger partial charge in [0.2, 0.25) is 0 Å². The molecule has 0 aliphatic carbocycles. The van der Waals surface area contributed by atoms with E-state index in [1.54, 1.807) is 11.3 Å². The number of ether oxygens (including phenoxy) is 1. The molecule has 0 radical (unpaired) electrons. The highest BCUT2D eigenvalue weighted by molar-refractivity contribution is 9.10. The molecule has 2 nitrogen and oxygen atoms in total. The Bertz CT molecular complexity index is 858. The molecule has 0 spiro atoms. The Kier molecular flexibility index (Phi) is 7.59. The average molecular weight is 467 g/mol. The fraction of sp³-hybridized carbons (Fsp3) is 0.364. The van der Waals surface area contributed by atoms with E-state index < -0.39 is 0 Å². The molecule has 4 rings (SSSR count). The monoisotopic (exact) mass is 465 g/mol. The van der Waals surface area contributed by atoms with Gasteiger partial charge in [0, 0.05) is 20.1 Å².